The molecule has 0 fully saturated rings. The third-order valence-corrected chi connectivity index (χ3v) is 3.05. The van der Waals surface area contributed by atoms with Gasteiger partial charge in [-0.1, -0.05) is 12.2 Å². The molecule has 6 nitrogen and oxygen atoms in total. The zero-order valence-corrected chi connectivity index (χ0v) is 10.5. The molecule has 1 aromatic heterocycles. The summed E-state index contributed by atoms with van der Waals surface area (Å²) in [6, 6.07) is 2.99. The van der Waals surface area contributed by atoms with Crippen LogP contribution in [0.15, 0.2) is 36.7 Å². The van der Waals surface area contributed by atoms with E-state index in [1.807, 2.05) is 0 Å². The van der Waals surface area contributed by atoms with Gasteiger partial charge >= 0.3 is 12.0 Å². The quantitative estimate of drug-likeness (QED) is 0.802. The summed E-state index contributed by atoms with van der Waals surface area (Å²) in [6.45, 7) is 0. The van der Waals surface area contributed by atoms with Crippen molar-refractivity contribution in [2.45, 2.75) is 12.5 Å². The second-order valence-electron chi connectivity index (χ2n) is 4.39. The summed E-state index contributed by atoms with van der Waals surface area (Å²) >= 11 is 0. The number of carboxylic acids is 1. The van der Waals surface area contributed by atoms with Gasteiger partial charge in [-0.2, -0.15) is 0 Å². The van der Waals surface area contributed by atoms with Gasteiger partial charge in [-0.05, 0) is 18.6 Å². The number of hydrogen-bond acceptors (Lipinski definition) is 3. The number of carbonyl (C=O) groups is 2. The first-order chi connectivity index (χ1) is 9.08. The smallest absolute Gasteiger partial charge is 0.322 e. The van der Waals surface area contributed by atoms with E-state index in [-0.39, 0.29) is 12.1 Å². The SMILES string of the molecule is CN(C(=O)NC1C=CC(C(=O)O)C1)c1cccnc1. The molecule has 0 bridgehead atoms. The number of nitrogens with one attached hydrogen (secondary N) is 1. The van der Waals surface area contributed by atoms with E-state index in [9.17, 15) is 9.59 Å². The number of aromatic nitrogens is 1. The third-order valence-electron chi connectivity index (χ3n) is 3.05. The largest absolute Gasteiger partial charge is 0.481 e. The Balaban J connectivity index is 1.92. The van der Waals surface area contributed by atoms with Crippen LogP contribution in [-0.2, 0) is 4.79 Å². The van der Waals surface area contributed by atoms with Crippen molar-refractivity contribution in [2.75, 3.05) is 11.9 Å². The molecule has 0 saturated heterocycles. The number of rotatable bonds is 3. The molecule has 1 aliphatic carbocycles. The molecule has 2 amide bonds. The fourth-order valence-corrected chi connectivity index (χ4v) is 1.91. The predicted octanol–water partition coefficient (Wildman–Crippen LogP) is 1.26. The Morgan fingerprint density at radius 3 is 2.84 bits per heavy atom. The number of carbonyl (C=O) groups excluding carboxylic acids is 1. The lowest BCUT2D eigenvalue weighted by molar-refractivity contribution is -0.140. The molecule has 0 spiro atoms. The monoisotopic (exact) mass is 261 g/mol. The number of anilines is 1. The van der Waals surface area contributed by atoms with E-state index in [4.69, 9.17) is 5.11 Å². The molecule has 0 aliphatic heterocycles. The number of amides is 2. The van der Waals surface area contributed by atoms with Crippen LogP contribution in [0.5, 0.6) is 0 Å². The molecule has 19 heavy (non-hydrogen) atoms. The molecular formula is C13H15N3O3. The highest BCUT2D eigenvalue weighted by molar-refractivity contribution is 5.91. The summed E-state index contributed by atoms with van der Waals surface area (Å²) in [5, 5.41) is 11.6. The van der Waals surface area contributed by atoms with Crippen molar-refractivity contribution < 1.29 is 14.7 Å². The third kappa shape index (κ3) is 3.09. The zero-order valence-electron chi connectivity index (χ0n) is 10.5. The Labute approximate surface area is 110 Å². The molecule has 0 radical (unpaired) electrons. The topological polar surface area (TPSA) is 82.5 Å². The number of urea groups is 1. The fourth-order valence-electron chi connectivity index (χ4n) is 1.91. The molecule has 0 aromatic carbocycles. The highest BCUT2D eigenvalue weighted by Gasteiger charge is 2.26. The number of nitrogens with zero attached hydrogens (tertiary/aromatic N) is 2. The van der Waals surface area contributed by atoms with Crippen LogP contribution in [-0.4, -0.2) is 35.2 Å². The van der Waals surface area contributed by atoms with Gasteiger partial charge in [0, 0.05) is 13.2 Å². The molecule has 1 heterocycles. The van der Waals surface area contributed by atoms with Crippen LogP contribution < -0.4 is 10.2 Å². The number of hydrogen-bond donors (Lipinski definition) is 2. The molecule has 2 atom stereocenters. The summed E-state index contributed by atoms with van der Waals surface area (Å²) in [5.74, 6) is -1.39. The van der Waals surface area contributed by atoms with Gasteiger partial charge in [0.15, 0.2) is 0 Å². The molecule has 1 aliphatic rings. The summed E-state index contributed by atoms with van der Waals surface area (Å²) in [7, 11) is 1.64. The first kappa shape index (κ1) is 13.1. The van der Waals surface area contributed by atoms with E-state index in [1.54, 1.807) is 43.7 Å². The van der Waals surface area contributed by atoms with E-state index in [1.165, 1.54) is 4.90 Å². The molecule has 2 N–H and O–H groups in total. The van der Waals surface area contributed by atoms with Crippen molar-refractivity contribution in [3.05, 3.63) is 36.7 Å². The van der Waals surface area contributed by atoms with Gasteiger partial charge in [-0.25, -0.2) is 4.79 Å². The first-order valence-electron chi connectivity index (χ1n) is 5.93. The molecule has 100 valence electrons. The van der Waals surface area contributed by atoms with Crippen LogP contribution in [0.4, 0.5) is 10.5 Å². The van der Waals surface area contributed by atoms with Crippen LogP contribution in [0.2, 0.25) is 0 Å². The van der Waals surface area contributed by atoms with Gasteiger partial charge in [0.05, 0.1) is 23.8 Å². The van der Waals surface area contributed by atoms with Crippen LogP contribution in [0.1, 0.15) is 6.42 Å². The zero-order chi connectivity index (χ0) is 13.8. The van der Waals surface area contributed by atoms with Crippen molar-refractivity contribution in [3.63, 3.8) is 0 Å². The maximum Gasteiger partial charge on any atom is 0.322 e. The van der Waals surface area contributed by atoms with Crippen molar-refractivity contribution in [3.8, 4) is 0 Å². The van der Waals surface area contributed by atoms with Crippen molar-refractivity contribution in [1.29, 1.82) is 0 Å². The Bertz CT molecular complexity index is 501. The summed E-state index contributed by atoms with van der Waals surface area (Å²) in [5.41, 5.74) is 0.678. The van der Waals surface area contributed by atoms with Gasteiger partial charge in [-0.15, -0.1) is 0 Å². The minimum absolute atomic E-state index is 0.243. The highest BCUT2D eigenvalue weighted by Crippen LogP contribution is 2.18. The van der Waals surface area contributed by atoms with Crippen LogP contribution in [0.3, 0.4) is 0 Å². The normalized spacial score (nSPS) is 21.1. The molecule has 2 unspecified atom stereocenters. The van der Waals surface area contributed by atoms with Crippen LogP contribution >= 0.6 is 0 Å². The lowest BCUT2D eigenvalue weighted by Crippen LogP contribution is -2.42. The Morgan fingerprint density at radius 2 is 2.26 bits per heavy atom. The van der Waals surface area contributed by atoms with E-state index in [0.29, 0.717) is 12.1 Å². The summed E-state index contributed by atoms with van der Waals surface area (Å²) in [4.78, 5) is 28.2. The summed E-state index contributed by atoms with van der Waals surface area (Å²) in [6.07, 6.45) is 6.93. The molecule has 1 aromatic rings. The molecular weight excluding hydrogens is 246 g/mol. The minimum Gasteiger partial charge on any atom is -0.481 e. The van der Waals surface area contributed by atoms with Gasteiger partial charge in [-0.3, -0.25) is 14.7 Å². The maximum atomic E-state index is 12.0. The van der Waals surface area contributed by atoms with E-state index >= 15 is 0 Å². The van der Waals surface area contributed by atoms with Crippen molar-refractivity contribution in [1.82, 2.24) is 10.3 Å². The lowest BCUT2D eigenvalue weighted by Gasteiger charge is -2.20. The van der Waals surface area contributed by atoms with E-state index < -0.39 is 11.9 Å². The second-order valence-corrected chi connectivity index (χ2v) is 4.39. The van der Waals surface area contributed by atoms with Crippen molar-refractivity contribution in [2.24, 2.45) is 5.92 Å². The molecule has 6 heteroatoms. The van der Waals surface area contributed by atoms with Gasteiger partial charge < -0.3 is 10.4 Å². The molecule has 2 rings (SSSR count). The standard InChI is InChI=1S/C13H15N3O3/c1-16(11-3-2-6-14-8-11)13(19)15-10-5-4-9(7-10)12(17)18/h2-6,8-10H,7H2,1H3,(H,15,19)(H,17,18). The van der Waals surface area contributed by atoms with Gasteiger partial charge in [0.2, 0.25) is 0 Å². The number of aliphatic carboxylic acids is 1. The maximum absolute atomic E-state index is 12.0. The van der Waals surface area contributed by atoms with Crippen LogP contribution in [0, 0.1) is 5.92 Å². The molecule has 0 saturated carbocycles. The highest BCUT2D eigenvalue weighted by atomic mass is 16.4. The summed E-state index contributed by atoms with van der Waals surface area (Å²) < 4.78 is 0. The Kier molecular flexibility index (Phi) is 3.79. The number of carboxylic acid groups (broad SMARTS) is 1. The van der Waals surface area contributed by atoms with E-state index in [2.05, 4.69) is 10.3 Å². The van der Waals surface area contributed by atoms with E-state index in [0.717, 1.165) is 0 Å². The van der Waals surface area contributed by atoms with Crippen LogP contribution in [0.25, 0.3) is 0 Å². The first-order valence-corrected chi connectivity index (χ1v) is 5.93. The fraction of sp³-hybridized carbons (Fsp3) is 0.308. The average Bonchev–Trinajstić information content (AvgIpc) is 2.87. The van der Waals surface area contributed by atoms with Gasteiger partial charge in [0.25, 0.3) is 0 Å². The number of pyridine rings is 1. The average molecular weight is 261 g/mol. The van der Waals surface area contributed by atoms with Gasteiger partial charge in [0.1, 0.15) is 0 Å². The minimum atomic E-state index is -0.867. The Hall–Kier alpha value is -2.37. The second kappa shape index (κ2) is 5.51. The lowest BCUT2D eigenvalue weighted by atomic mass is 10.1. The Morgan fingerprint density at radius 1 is 1.47 bits per heavy atom. The van der Waals surface area contributed by atoms with Crippen molar-refractivity contribution >= 4 is 17.7 Å². The predicted molar refractivity (Wildman–Crippen MR) is 69.8 cm³/mol.